The van der Waals surface area contributed by atoms with E-state index in [-0.39, 0.29) is 18.6 Å². The number of anilines is 1. The average molecular weight is 567 g/mol. The topological polar surface area (TPSA) is 126 Å². The van der Waals surface area contributed by atoms with E-state index in [1.807, 2.05) is 44.2 Å². The molecular formula is C29H34N4O6S. The van der Waals surface area contributed by atoms with E-state index in [4.69, 9.17) is 9.47 Å². The van der Waals surface area contributed by atoms with Crippen molar-refractivity contribution in [1.82, 2.24) is 10.7 Å². The van der Waals surface area contributed by atoms with Crippen LogP contribution in [0.3, 0.4) is 0 Å². The van der Waals surface area contributed by atoms with Crippen molar-refractivity contribution >= 4 is 33.7 Å². The normalized spacial score (nSPS) is 12.8. The van der Waals surface area contributed by atoms with E-state index < -0.39 is 22.0 Å². The molecule has 0 aliphatic heterocycles. The first kappa shape index (κ1) is 30.2. The Labute approximate surface area is 235 Å². The van der Waals surface area contributed by atoms with Gasteiger partial charge in [-0.25, -0.2) is 13.8 Å². The number of nitrogens with zero attached hydrogens (tertiary/aromatic N) is 2. The molecule has 212 valence electrons. The molecule has 0 fully saturated rings. The van der Waals surface area contributed by atoms with Gasteiger partial charge in [0.2, 0.25) is 10.0 Å². The lowest BCUT2D eigenvalue weighted by molar-refractivity contribution is -0.124. The fourth-order valence-corrected chi connectivity index (χ4v) is 5.01. The molecule has 3 rings (SSSR count). The number of benzene rings is 3. The molecule has 40 heavy (non-hydrogen) atoms. The highest BCUT2D eigenvalue weighted by Crippen LogP contribution is 2.24. The van der Waals surface area contributed by atoms with E-state index in [1.54, 1.807) is 48.5 Å². The number of hydrogen-bond donors (Lipinski definition) is 2. The van der Waals surface area contributed by atoms with Gasteiger partial charge in [-0.3, -0.25) is 13.9 Å². The Kier molecular flexibility index (Phi) is 10.7. The lowest BCUT2D eigenvalue weighted by Crippen LogP contribution is -2.46. The summed E-state index contributed by atoms with van der Waals surface area (Å²) >= 11 is 0. The smallest absolute Gasteiger partial charge is 0.263 e. The van der Waals surface area contributed by atoms with Crippen molar-refractivity contribution in [1.29, 1.82) is 0 Å². The Balaban J connectivity index is 1.52. The van der Waals surface area contributed by atoms with Gasteiger partial charge in [0.1, 0.15) is 17.5 Å². The van der Waals surface area contributed by atoms with Crippen LogP contribution in [0.1, 0.15) is 37.9 Å². The highest BCUT2D eigenvalue weighted by Gasteiger charge is 2.29. The lowest BCUT2D eigenvalue weighted by atomic mass is 10.1. The standard InChI is InChI=1S/C29H34N4O6S/c1-5-38-26-17-13-25(14-18-26)33(40(4,36)37)22(3)29(35)32-30-19-23-11-15-27(16-12-23)39-20-28(34)31-21(2)24-9-7-6-8-10-24/h6-19,21-22H,5,20H2,1-4H3,(H,31,34)(H,32,35)/b30-19-/t21-,22-/m1/s1. The van der Waals surface area contributed by atoms with Crippen LogP contribution in [0.2, 0.25) is 0 Å². The number of sulfonamides is 1. The predicted octanol–water partition coefficient (Wildman–Crippen LogP) is 3.65. The SMILES string of the molecule is CCOc1ccc(N([C@H](C)C(=O)N/N=C\c2ccc(OCC(=O)N[C@H](C)c3ccccc3)cc2)S(C)(=O)=O)cc1. The first-order chi connectivity index (χ1) is 19.1. The molecule has 2 atom stereocenters. The fraction of sp³-hybridized carbons (Fsp3) is 0.276. The van der Waals surface area contributed by atoms with Gasteiger partial charge in [-0.05, 0) is 80.4 Å². The third-order valence-electron chi connectivity index (χ3n) is 5.81. The average Bonchev–Trinajstić information content (AvgIpc) is 2.93. The monoisotopic (exact) mass is 566 g/mol. The van der Waals surface area contributed by atoms with Crippen LogP contribution in [0.4, 0.5) is 5.69 Å². The molecule has 0 aliphatic carbocycles. The number of rotatable bonds is 13. The number of ether oxygens (including phenoxy) is 2. The zero-order valence-electron chi connectivity index (χ0n) is 22.9. The Hall–Kier alpha value is -4.38. The summed E-state index contributed by atoms with van der Waals surface area (Å²) < 4.78 is 36.9. The highest BCUT2D eigenvalue weighted by atomic mass is 32.2. The summed E-state index contributed by atoms with van der Waals surface area (Å²) in [5, 5.41) is 6.84. The second-order valence-electron chi connectivity index (χ2n) is 8.95. The Morgan fingerprint density at radius 3 is 2.12 bits per heavy atom. The molecule has 0 spiro atoms. The van der Waals surface area contributed by atoms with Crippen LogP contribution in [-0.2, 0) is 19.6 Å². The number of carbonyl (C=O) groups excluding carboxylic acids is 2. The molecule has 0 saturated carbocycles. The minimum Gasteiger partial charge on any atom is -0.494 e. The summed E-state index contributed by atoms with van der Waals surface area (Å²) in [6.07, 6.45) is 2.46. The van der Waals surface area contributed by atoms with Gasteiger partial charge in [0.25, 0.3) is 11.8 Å². The predicted molar refractivity (Wildman–Crippen MR) is 155 cm³/mol. The third-order valence-corrected chi connectivity index (χ3v) is 7.05. The van der Waals surface area contributed by atoms with E-state index in [2.05, 4.69) is 15.8 Å². The van der Waals surface area contributed by atoms with Crippen molar-refractivity contribution in [3.05, 3.63) is 90.0 Å². The van der Waals surface area contributed by atoms with Crippen molar-refractivity contribution < 1.29 is 27.5 Å². The van der Waals surface area contributed by atoms with Crippen LogP contribution in [0.15, 0.2) is 84.0 Å². The van der Waals surface area contributed by atoms with Crippen molar-refractivity contribution in [3.8, 4) is 11.5 Å². The summed E-state index contributed by atoms with van der Waals surface area (Å²) in [5.74, 6) is 0.244. The van der Waals surface area contributed by atoms with E-state index in [0.717, 1.165) is 16.1 Å². The van der Waals surface area contributed by atoms with Crippen molar-refractivity contribution in [2.24, 2.45) is 5.10 Å². The van der Waals surface area contributed by atoms with Gasteiger partial charge < -0.3 is 14.8 Å². The van der Waals surface area contributed by atoms with Crippen LogP contribution in [0.25, 0.3) is 0 Å². The molecule has 0 unspecified atom stereocenters. The van der Waals surface area contributed by atoms with Crippen molar-refractivity contribution in [2.75, 3.05) is 23.8 Å². The fourth-order valence-electron chi connectivity index (χ4n) is 3.84. The molecule has 0 aliphatic rings. The second kappa shape index (κ2) is 14.1. The number of hydrogen-bond acceptors (Lipinski definition) is 7. The van der Waals surface area contributed by atoms with Crippen LogP contribution >= 0.6 is 0 Å². The molecular weight excluding hydrogens is 532 g/mol. The number of nitrogens with one attached hydrogen (secondary N) is 2. The number of carbonyl (C=O) groups is 2. The molecule has 10 nitrogen and oxygen atoms in total. The van der Waals surface area contributed by atoms with Gasteiger partial charge in [0, 0.05) is 0 Å². The number of hydrazone groups is 1. The maximum Gasteiger partial charge on any atom is 0.263 e. The molecule has 0 aromatic heterocycles. The van der Waals surface area contributed by atoms with E-state index in [9.17, 15) is 18.0 Å². The van der Waals surface area contributed by atoms with Crippen LogP contribution in [0.5, 0.6) is 11.5 Å². The highest BCUT2D eigenvalue weighted by molar-refractivity contribution is 7.92. The largest absolute Gasteiger partial charge is 0.494 e. The maximum absolute atomic E-state index is 12.7. The van der Waals surface area contributed by atoms with Crippen LogP contribution in [0, 0.1) is 0 Å². The molecule has 0 radical (unpaired) electrons. The molecule has 2 amide bonds. The minimum atomic E-state index is -3.76. The Morgan fingerprint density at radius 2 is 1.52 bits per heavy atom. The molecule has 0 heterocycles. The Bertz CT molecular complexity index is 1390. The lowest BCUT2D eigenvalue weighted by Gasteiger charge is -2.27. The van der Waals surface area contributed by atoms with Gasteiger partial charge in [-0.1, -0.05) is 30.3 Å². The van der Waals surface area contributed by atoms with Crippen molar-refractivity contribution in [3.63, 3.8) is 0 Å². The third kappa shape index (κ3) is 8.84. The van der Waals surface area contributed by atoms with Gasteiger partial charge in [0.15, 0.2) is 6.61 Å². The van der Waals surface area contributed by atoms with Crippen LogP contribution in [-0.4, -0.2) is 52.0 Å². The Morgan fingerprint density at radius 1 is 0.925 bits per heavy atom. The van der Waals surface area contributed by atoms with Gasteiger partial charge in [-0.15, -0.1) is 0 Å². The van der Waals surface area contributed by atoms with Crippen molar-refractivity contribution in [2.45, 2.75) is 32.9 Å². The number of amides is 2. The first-order valence-electron chi connectivity index (χ1n) is 12.7. The summed E-state index contributed by atoms with van der Waals surface area (Å²) in [4.78, 5) is 24.9. The quantitative estimate of drug-likeness (QED) is 0.240. The molecule has 0 bridgehead atoms. The molecule has 3 aromatic rings. The summed E-state index contributed by atoms with van der Waals surface area (Å²) in [6, 6.07) is 21.7. The minimum absolute atomic E-state index is 0.135. The first-order valence-corrected chi connectivity index (χ1v) is 14.6. The summed E-state index contributed by atoms with van der Waals surface area (Å²) in [5.41, 5.74) is 4.38. The molecule has 3 aromatic carbocycles. The zero-order valence-corrected chi connectivity index (χ0v) is 23.7. The summed E-state index contributed by atoms with van der Waals surface area (Å²) in [6.45, 7) is 5.57. The van der Waals surface area contributed by atoms with Gasteiger partial charge in [-0.2, -0.15) is 5.10 Å². The van der Waals surface area contributed by atoms with Gasteiger partial charge in [0.05, 0.1) is 30.8 Å². The molecule has 11 heteroatoms. The molecule has 0 saturated heterocycles. The van der Waals surface area contributed by atoms with Crippen LogP contribution < -0.4 is 24.5 Å². The molecule has 2 N–H and O–H groups in total. The van der Waals surface area contributed by atoms with E-state index in [0.29, 0.717) is 29.4 Å². The van der Waals surface area contributed by atoms with E-state index in [1.165, 1.54) is 13.1 Å². The van der Waals surface area contributed by atoms with E-state index >= 15 is 0 Å². The second-order valence-corrected chi connectivity index (χ2v) is 10.8. The summed E-state index contributed by atoms with van der Waals surface area (Å²) in [7, 11) is -3.76. The van der Waals surface area contributed by atoms with Gasteiger partial charge >= 0.3 is 0 Å². The zero-order chi connectivity index (χ0) is 29.1. The maximum atomic E-state index is 12.7.